The molecule has 2 aliphatic heterocycles. The van der Waals surface area contributed by atoms with Crippen LogP contribution in [-0.4, -0.2) is 51.8 Å². The van der Waals surface area contributed by atoms with Crippen LogP contribution in [0.2, 0.25) is 0 Å². The van der Waals surface area contributed by atoms with Crippen LogP contribution in [0, 0.1) is 11.5 Å². The van der Waals surface area contributed by atoms with Crippen LogP contribution in [0.25, 0.3) is 0 Å². The molecule has 1 aromatic heterocycles. The lowest BCUT2D eigenvalue weighted by Crippen LogP contribution is -2.32. The number of rotatable bonds is 2. The Morgan fingerprint density at radius 1 is 1.43 bits per heavy atom. The van der Waals surface area contributed by atoms with Gasteiger partial charge in [-0.05, 0) is 19.3 Å². The van der Waals surface area contributed by atoms with Crippen LogP contribution in [0.15, 0.2) is 6.20 Å². The van der Waals surface area contributed by atoms with Crippen molar-refractivity contribution in [3.63, 3.8) is 0 Å². The van der Waals surface area contributed by atoms with Crippen LogP contribution >= 0.6 is 0 Å². The summed E-state index contributed by atoms with van der Waals surface area (Å²) in [7, 11) is 1.85. The Hall–Kier alpha value is -2.23. The number of carbonyl (C=O) groups is 1. The maximum Gasteiger partial charge on any atom is 0.321 e. The van der Waals surface area contributed by atoms with Gasteiger partial charge < -0.3 is 15.1 Å². The molecule has 1 N–H and O–H groups in total. The second kappa shape index (κ2) is 5.64. The third-order valence-electron chi connectivity index (χ3n) is 4.21. The molecular weight excluding hydrogens is 268 g/mol. The van der Waals surface area contributed by atoms with Crippen LogP contribution in [0.3, 0.4) is 0 Å². The van der Waals surface area contributed by atoms with Gasteiger partial charge in [0.1, 0.15) is 0 Å². The maximum atomic E-state index is 12.2. The molecule has 112 valence electrons. The Kier molecular flexibility index (Phi) is 3.69. The van der Waals surface area contributed by atoms with Crippen molar-refractivity contribution < 1.29 is 4.79 Å². The quantitative estimate of drug-likeness (QED) is 0.833. The number of anilines is 1. The average molecular weight is 288 g/mol. The number of amides is 2. The van der Waals surface area contributed by atoms with Crippen molar-refractivity contribution in [2.45, 2.75) is 25.2 Å². The topological polar surface area (TPSA) is 77.2 Å². The molecule has 2 aliphatic rings. The monoisotopic (exact) mass is 288 g/mol. The average Bonchev–Trinajstić information content (AvgIpc) is 3.18. The summed E-state index contributed by atoms with van der Waals surface area (Å²) in [6.07, 6.45) is 7.08. The Labute approximate surface area is 124 Å². The lowest BCUT2D eigenvalue weighted by Gasteiger charge is -2.17. The third-order valence-corrected chi connectivity index (χ3v) is 4.21. The Morgan fingerprint density at radius 2 is 2.19 bits per heavy atom. The van der Waals surface area contributed by atoms with Gasteiger partial charge in [-0.2, -0.15) is 10.4 Å². The molecule has 0 bridgehead atoms. The lowest BCUT2D eigenvalue weighted by molar-refractivity contribution is 0.222. The summed E-state index contributed by atoms with van der Waals surface area (Å²) in [6, 6.07) is -0.0445. The molecule has 2 amide bonds. The van der Waals surface area contributed by atoms with Crippen molar-refractivity contribution in [3.05, 3.63) is 11.9 Å². The normalized spacial score (nSPS) is 21.6. The number of aryl methyl sites for hydroxylation is 1. The number of hydrogen-bond donors (Lipinski definition) is 1. The molecule has 3 rings (SSSR count). The van der Waals surface area contributed by atoms with Crippen LogP contribution in [0.5, 0.6) is 0 Å². The molecule has 1 aromatic rings. The van der Waals surface area contributed by atoms with E-state index in [4.69, 9.17) is 5.26 Å². The molecular formula is C14H20N6O. The Balaban J connectivity index is 1.73. The highest BCUT2D eigenvalue weighted by molar-refractivity contribution is 5.90. The second-order valence-electron chi connectivity index (χ2n) is 5.76. The molecule has 0 spiro atoms. The summed E-state index contributed by atoms with van der Waals surface area (Å²) in [4.78, 5) is 15.8. The molecule has 7 heteroatoms. The van der Waals surface area contributed by atoms with Gasteiger partial charge in [0, 0.05) is 45.3 Å². The Bertz CT molecular complexity index is 569. The summed E-state index contributed by atoms with van der Waals surface area (Å²) in [5.74, 6) is 0.208. The molecule has 1 atom stereocenters. The number of likely N-dealkylation sites (tertiary alicyclic amines) is 2. The number of nitriles is 1. The second-order valence-corrected chi connectivity index (χ2v) is 5.76. The highest BCUT2D eigenvalue weighted by Gasteiger charge is 2.29. The maximum absolute atomic E-state index is 12.2. The van der Waals surface area contributed by atoms with Crippen molar-refractivity contribution in [1.82, 2.24) is 19.6 Å². The highest BCUT2D eigenvalue weighted by atomic mass is 16.2. The Morgan fingerprint density at radius 3 is 2.86 bits per heavy atom. The summed E-state index contributed by atoms with van der Waals surface area (Å²) in [5.41, 5.74) is 1.67. The fraction of sp³-hybridized carbons (Fsp3) is 0.643. The van der Waals surface area contributed by atoms with Crippen molar-refractivity contribution in [3.8, 4) is 6.19 Å². The van der Waals surface area contributed by atoms with Gasteiger partial charge in [-0.25, -0.2) is 4.79 Å². The van der Waals surface area contributed by atoms with Gasteiger partial charge in [-0.1, -0.05) is 0 Å². The van der Waals surface area contributed by atoms with Crippen molar-refractivity contribution >= 4 is 11.7 Å². The number of nitrogens with one attached hydrogen (secondary N) is 1. The fourth-order valence-corrected chi connectivity index (χ4v) is 3.09. The van der Waals surface area contributed by atoms with E-state index in [0.717, 1.165) is 50.3 Å². The van der Waals surface area contributed by atoms with Crippen LogP contribution in [-0.2, 0) is 7.05 Å². The smallest absolute Gasteiger partial charge is 0.321 e. The minimum absolute atomic E-state index is 0.0445. The SMILES string of the molecule is Cn1cc(NC(=O)N2CCCC2)c([C@@H]2CCN(C#N)C2)n1. The first-order valence-corrected chi connectivity index (χ1v) is 7.41. The molecule has 0 aromatic carbocycles. The molecule has 0 radical (unpaired) electrons. The first-order valence-electron chi connectivity index (χ1n) is 7.41. The van der Waals surface area contributed by atoms with E-state index in [9.17, 15) is 4.79 Å². The first kappa shape index (κ1) is 13.7. The van der Waals surface area contributed by atoms with E-state index in [-0.39, 0.29) is 11.9 Å². The van der Waals surface area contributed by atoms with E-state index in [2.05, 4.69) is 16.6 Å². The molecule has 0 unspecified atom stereocenters. The summed E-state index contributed by atoms with van der Waals surface area (Å²) < 4.78 is 1.73. The minimum Gasteiger partial charge on any atom is -0.325 e. The predicted octanol–water partition coefficient (Wildman–Crippen LogP) is 1.32. The zero-order valence-corrected chi connectivity index (χ0v) is 12.2. The van der Waals surface area contributed by atoms with Gasteiger partial charge in [-0.3, -0.25) is 4.68 Å². The van der Waals surface area contributed by atoms with E-state index in [1.165, 1.54) is 0 Å². The third kappa shape index (κ3) is 2.79. The fourth-order valence-electron chi connectivity index (χ4n) is 3.09. The molecule has 0 saturated carbocycles. The van der Waals surface area contributed by atoms with Gasteiger partial charge in [0.15, 0.2) is 6.19 Å². The highest BCUT2D eigenvalue weighted by Crippen LogP contribution is 2.31. The van der Waals surface area contributed by atoms with Crippen LogP contribution < -0.4 is 5.32 Å². The molecule has 2 fully saturated rings. The molecule has 7 nitrogen and oxygen atoms in total. The van der Waals surface area contributed by atoms with Crippen molar-refractivity contribution in [2.24, 2.45) is 7.05 Å². The van der Waals surface area contributed by atoms with E-state index in [0.29, 0.717) is 6.54 Å². The summed E-state index contributed by atoms with van der Waals surface area (Å²) in [6.45, 7) is 3.09. The predicted molar refractivity (Wildman–Crippen MR) is 77.6 cm³/mol. The molecule has 3 heterocycles. The van der Waals surface area contributed by atoms with E-state index >= 15 is 0 Å². The number of urea groups is 1. The standard InChI is InChI=1S/C14H20N6O/c1-18-9-12(16-14(21)20-5-2-3-6-20)13(17-18)11-4-7-19(8-11)10-15/h9,11H,2-8H2,1H3,(H,16,21)/t11-/m1/s1. The van der Waals surface area contributed by atoms with Gasteiger partial charge in [0.05, 0.1) is 11.4 Å². The van der Waals surface area contributed by atoms with Gasteiger partial charge in [0.2, 0.25) is 0 Å². The number of aromatic nitrogens is 2. The van der Waals surface area contributed by atoms with E-state index in [1.807, 2.05) is 18.1 Å². The molecule has 2 saturated heterocycles. The van der Waals surface area contributed by atoms with Crippen molar-refractivity contribution in [2.75, 3.05) is 31.5 Å². The van der Waals surface area contributed by atoms with E-state index in [1.54, 1.807) is 9.58 Å². The molecule has 21 heavy (non-hydrogen) atoms. The minimum atomic E-state index is -0.0445. The van der Waals surface area contributed by atoms with Gasteiger partial charge >= 0.3 is 6.03 Å². The first-order chi connectivity index (χ1) is 10.2. The largest absolute Gasteiger partial charge is 0.325 e. The van der Waals surface area contributed by atoms with Gasteiger partial charge in [0.25, 0.3) is 0 Å². The van der Waals surface area contributed by atoms with Crippen LogP contribution in [0.4, 0.5) is 10.5 Å². The number of carbonyl (C=O) groups excluding carboxylic acids is 1. The lowest BCUT2D eigenvalue weighted by atomic mass is 10.0. The zero-order chi connectivity index (χ0) is 14.8. The molecule has 0 aliphatic carbocycles. The van der Waals surface area contributed by atoms with E-state index < -0.39 is 0 Å². The summed E-state index contributed by atoms with van der Waals surface area (Å²) >= 11 is 0. The van der Waals surface area contributed by atoms with Gasteiger partial charge in [-0.15, -0.1) is 0 Å². The number of nitrogens with zero attached hydrogens (tertiary/aromatic N) is 5. The summed E-state index contributed by atoms with van der Waals surface area (Å²) in [5, 5.41) is 16.4. The van der Waals surface area contributed by atoms with Crippen LogP contribution in [0.1, 0.15) is 30.9 Å². The zero-order valence-electron chi connectivity index (χ0n) is 12.2. The number of hydrogen-bond acceptors (Lipinski definition) is 4. The van der Waals surface area contributed by atoms with Crippen molar-refractivity contribution in [1.29, 1.82) is 5.26 Å².